The van der Waals surface area contributed by atoms with Gasteiger partial charge in [-0.25, -0.2) is 9.59 Å². The summed E-state index contributed by atoms with van der Waals surface area (Å²) in [6.07, 6.45) is 0. The van der Waals surface area contributed by atoms with Crippen molar-refractivity contribution in [3.05, 3.63) is 51.8 Å². The normalized spacial score (nSPS) is 10.7. The van der Waals surface area contributed by atoms with Crippen LogP contribution >= 0.6 is 0 Å². The highest BCUT2D eigenvalue weighted by molar-refractivity contribution is 6.03. The van der Waals surface area contributed by atoms with Crippen molar-refractivity contribution < 1.29 is 37.4 Å². The number of ether oxygens (including phenoxy) is 3. The van der Waals surface area contributed by atoms with Gasteiger partial charge in [0, 0.05) is 5.69 Å². The Bertz CT molecular complexity index is 935. The van der Waals surface area contributed by atoms with Gasteiger partial charge in [-0.15, -0.1) is 0 Å². The number of hydrogen-bond acceptors (Lipinski definition) is 6. The number of rotatable bonds is 8. The Morgan fingerprint density at radius 1 is 1.07 bits per heavy atom. The number of aromatic nitrogens is 1. The first-order valence-corrected chi connectivity index (χ1v) is 8.77. The highest BCUT2D eigenvalue weighted by Gasteiger charge is 2.25. The number of carbonyl (C=O) groups excluding carboxylic acids is 3. The van der Waals surface area contributed by atoms with Gasteiger partial charge in [-0.3, -0.25) is 4.79 Å². The van der Waals surface area contributed by atoms with Crippen molar-refractivity contribution in [1.82, 2.24) is 4.98 Å². The molecule has 0 atom stereocenters. The number of aryl methyl sites for hydroxylation is 2. The Morgan fingerprint density at radius 2 is 1.76 bits per heavy atom. The molecule has 156 valence electrons. The van der Waals surface area contributed by atoms with Crippen molar-refractivity contribution in [1.29, 1.82) is 0 Å². The molecular formula is C20H21F2NO6. The van der Waals surface area contributed by atoms with Crippen LogP contribution in [0.25, 0.3) is 0 Å². The minimum absolute atomic E-state index is 0.106. The average molecular weight is 409 g/mol. The average Bonchev–Trinajstić information content (AvgIpc) is 2.95. The second-order valence-electron chi connectivity index (χ2n) is 6.22. The highest BCUT2D eigenvalue weighted by Crippen LogP contribution is 2.24. The number of ketones is 1. The summed E-state index contributed by atoms with van der Waals surface area (Å²) in [5.41, 5.74) is 1.46. The minimum atomic E-state index is -3.10. The molecule has 0 amide bonds. The van der Waals surface area contributed by atoms with Crippen LogP contribution in [-0.4, -0.2) is 42.5 Å². The summed E-state index contributed by atoms with van der Waals surface area (Å²) in [7, 11) is 0. The SMILES string of the molecule is CCOC(=O)c1[nH]c(C)c(C(=O)OCC(=O)c2cc(C)ccc2OC(F)F)c1C. The van der Waals surface area contributed by atoms with E-state index in [1.54, 1.807) is 27.7 Å². The van der Waals surface area contributed by atoms with E-state index < -0.39 is 30.9 Å². The largest absolute Gasteiger partial charge is 0.461 e. The summed E-state index contributed by atoms with van der Waals surface area (Å²) in [5.74, 6) is -2.44. The van der Waals surface area contributed by atoms with Gasteiger partial charge in [0.1, 0.15) is 11.4 Å². The van der Waals surface area contributed by atoms with Crippen LogP contribution in [0.4, 0.5) is 8.78 Å². The molecule has 0 unspecified atom stereocenters. The molecule has 0 radical (unpaired) electrons. The van der Waals surface area contributed by atoms with Crippen molar-refractivity contribution in [2.45, 2.75) is 34.3 Å². The number of aromatic amines is 1. The van der Waals surface area contributed by atoms with Crippen molar-refractivity contribution in [3.8, 4) is 5.75 Å². The minimum Gasteiger partial charge on any atom is -0.461 e. The van der Waals surface area contributed by atoms with Crippen LogP contribution in [0.1, 0.15) is 54.9 Å². The fourth-order valence-corrected chi connectivity index (χ4v) is 2.81. The number of hydrogen-bond donors (Lipinski definition) is 1. The second kappa shape index (κ2) is 9.31. The first kappa shape index (κ1) is 22.1. The molecule has 2 rings (SSSR count). The van der Waals surface area contributed by atoms with Crippen LogP contribution in [0.5, 0.6) is 5.75 Å². The van der Waals surface area contributed by atoms with E-state index in [-0.39, 0.29) is 29.2 Å². The zero-order valence-corrected chi connectivity index (χ0v) is 16.4. The number of nitrogens with one attached hydrogen (secondary N) is 1. The predicted octanol–water partition coefficient (Wildman–Crippen LogP) is 3.76. The van der Waals surface area contributed by atoms with Crippen molar-refractivity contribution >= 4 is 17.7 Å². The van der Waals surface area contributed by atoms with Gasteiger partial charge in [0.15, 0.2) is 6.61 Å². The first-order valence-electron chi connectivity index (χ1n) is 8.77. The summed E-state index contributed by atoms with van der Waals surface area (Å²) in [6, 6.07) is 4.14. The number of Topliss-reactive ketones (excluding diaryl/α,β-unsaturated/α-hetero) is 1. The number of benzene rings is 1. The molecule has 29 heavy (non-hydrogen) atoms. The van der Waals surface area contributed by atoms with Crippen LogP contribution in [0.2, 0.25) is 0 Å². The third-order valence-corrected chi connectivity index (χ3v) is 4.11. The molecule has 7 nitrogen and oxygen atoms in total. The van der Waals surface area contributed by atoms with Crippen LogP contribution in [-0.2, 0) is 9.47 Å². The maximum Gasteiger partial charge on any atom is 0.387 e. The number of alkyl halides is 2. The van der Waals surface area contributed by atoms with Gasteiger partial charge in [0.2, 0.25) is 5.78 Å². The first-order chi connectivity index (χ1) is 13.6. The molecule has 9 heteroatoms. The van der Waals surface area contributed by atoms with E-state index in [0.717, 1.165) is 0 Å². The molecule has 1 heterocycles. The lowest BCUT2D eigenvalue weighted by atomic mass is 10.1. The highest BCUT2D eigenvalue weighted by atomic mass is 19.3. The summed E-state index contributed by atoms with van der Waals surface area (Å²) >= 11 is 0. The molecule has 1 N–H and O–H groups in total. The molecule has 1 aromatic carbocycles. The lowest BCUT2D eigenvalue weighted by Gasteiger charge is -2.11. The Hall–Kier alpha value is -3.23. The predicted molar refractivity (Wildman–Crippen MR) is 98.6 cm³/mol. The summed E-state index contributed by atoms with van der Waals surface area (Å²) < 4.78 is 39.4. The molecule has 0 aliphatic carbocycles. The Morgan fingerprint density at radius 3 is 2.38 bits per heavy atom. The van der Waals surface area contributed by atoms with Crippen LogP contribution in [0.3, 0.4) is 0 Å². The Balaban J connectivity index is 2.17. The molecule has 0 saturated carbocycles. The van der Waals surface area contributed by atoms with E-state index in [4.69, 9.17) is 9.47 Å². The maximum atomic E-state index is 12.6. The molecule has 0 saturated heterocycles. The van der Waals surface area contributed by atoms with Crippen molar-refractivity contribution in [2.24, 2.45) is 0 Å². The molecule has 2 aromatic rings. The zero-order valence-electron chi connectivity index (χ0n) is 16.4. The van der Waals surface area contributed by atoms with Crippen LogP contribution in [0.15, 0.2) is 18.2 Å². The van der Waals surface area contributed by atoms with E-state index in [0.29, 0.717) is 16.8 Å². The van der Waals surface area contributed by atoms with E-state index in [1.807, 2.05) is 0 Å². The Kier molecular flexibility index (Phi) is 7.08. The molecule has 0 bridgehead atoms. The van der Waals surface area contributed by atoms with Gasteiger partial charge in [-0.2, -0.15) is 8.78 Å². The van der Waals surface area contributed by atoms with Gasteiger partial charge in [0.05, 0.1) is 17.7 Å². The summed E-state index contributed by atoms with van der Waals surface area (Å²) in [5, 5.41) is 0. The Labute approximate surface area is 166 Å². The fourth-order valence-electron chi connectivity index (χ4n) is 2.81. The lowest BCUT2D eigenvalue weighted by molar-refractivity contribution is -0.0502. The molecular weight excluding hydrogens is 388 g/mol. The third kappa shape index (κ3) is 5.18. The molecule has 0 spiro atoms. The standard InChI is InChI=1S/C20H21F2NO6/c1-5-27-19(26)17-11(3)16(12(4)23-17)18(25)28-9-14(24)13-8-10(2)6-7-15(13)29-20(21)22/h6-8,20,23H,5,9H2,1-4H3. The number of H-pyrrole nitrogens is 1. The molecule has 0 aliphatic rings. The molecule has 1 aromatic heterocycles. The van der Waals surface area contributed by atoms with E-state index >= 15 is 0 Å². The summed E-state index contributed by atoms with van der Waals surface area (Å²) in [4.78, 5) is 39.6. The number of carbonyl (C=O) groups is 3. The van der Waals surface area contributed by atoms with Crippen LogP contribution < -0.4 is 4.74 Å². The van der Waals surface area contributed by atoms with E-state index in [2.05, 4.69) is 9.72 Å². The molecule has 0 aliphatic heterocycles. The molecule has 0 fully saturated rings. The smallest absolute Gasteiger partial charge is 0.387 e. The zero-order chi connectivity index (χ0) is 21.7. The summed E-state index contributed by atoms with van der Waals surface area (Å²) in [6.45, 7) is 2.84. The topological polar surface area (TPSA) is 94.7 Å². The van der Waals surface area contributed by atoms with Crippen LogP contribution in [0, 0.1) is 20.8 Å². The lowest BCUT2D eigenvalue weighted by Crippen LogP contribution is -2.17. The third-order valence-electron chi connectivity index (χ3n) is 4.11. The van der Waals surface area contributed by atoms with Crippen molar-refractivity contribution in [2.75, 3.05) is 13.2 Å². The number of esters is 2. The van der Waals surface area contributed by atoms with E-state index in [1.165, 1.54) is 18.2 Å². The van der Waals surface area contributed by atoms with Gasteiger partial charge >= 0.3 is 18.6 Å². The monoisotopic (exact) mass is 409 g/mol. The van der Waals surface area contributed by atoms with Gasteiger partial charge < -0.3 is 19.2 Å². The van der Waals surface area contributed by atoms with Gasteiger partial charge in [-0.05, 0) is 45.4 Å². The second-order valence-corrected chi connectivity index (χ2v) is 6.22. The quantitative estimate of drug-likeness (QED) is 0.527. The van der Waals surface area contributed by atoms with Gasteiger partial charge in [0.25, 0.3) is 0 Å². The number of halogens is 2. The van der Waals surface area contributed by atoms with E-state index in [9.17, 15) is 23.2 Å². The van der Waals surface area contributed by atoms with Crippen molar-refractivity contribution in [3.63, 3.8) is 0 Å². The van der Waals surface area contributed by atoms with Gasteiger partial charge in [-0.1, -0.05) is 11.6 Å². The maximum absolute atomic E-state index is 12.6. The fraction of sp³-hybridized carbons (Fsp3) is 0.350.